The molecule has 2 heterocycles. The first kappa shape index (κ1) is 13.9. The van der Waals surface area contributed by atoms with E-state index in [-0.39, 0.29) is 0 Å². The molecule has 2 saturated heterocycles. The minimum Gasteiger partial charge on any atom is -0.371 e. The van der Waals surface area contributed by atoms with Gasteiger partial charge in [0, 0.05) is 30.9 Å². The SMILES string of the molecule is CC(C)(C)N1CCC2(CCN(c3ccccc3)CC2)C1. The van der Waals surface area contributed by atoms with Crippen molar-refractivity contribution >= 4 is 5.69 Å². The van der Waals surface area contributed by atoms with Crippen LogP contribution in [0, 0.1) is 5.41 Å². The van der Waals surface area contributed by atoms with E-state index in [1.165, 1.54) is 51.1 Å². The average Bonchev–Trinajstić information content (AvgIpc) is 2.85. The number of benzene rings is 1. The maximum Gasteiger partial charge on any atom is 0.0366 e. The van der Waals surface area contributed by atoms with Gasteiger partial charge in [0.15, 0.2) is 0 Å². The smallest absolute Gasteiger partial charge is 0.0366 e. The maximum absolute atomic E-state index is 2.69. The third kappa shape index (κ3) is 2.71. The van der Waals surface area contributed by atoms with Gasteiger partial charge in [-0.25, -0.2) is 0 Å². The lowest BCUT2D eigenvalue weighted by Crippen LogP contribution is -2.45. The number of hydrogen-bond donors (Lipinski definition) is 0. The second-order valence-electron chi connectivity index (χ2n) is 7.66. The summed E-state index contributed by atoms with van der Waals surface area (Å²) in [6.07, 6.45) is 4.11. The molecule has 2 nitrogen and oxygen atoms in total. The molecule has 0 aliphatic carbocycles. The summed E-state index contributed by atoms with van der Waals surface area (Å²) in [6, 6.07) is 10.9. The molecule has 2 aliphatic heterocycles. The molecule has 2 aliphatic rings. The van der Waals surface area contributed by atoms with Crippen LogP contribution >= 0.6 is 0 Å². The first-order valence-corrected chi connectivity index (χ1v) is 8.04. The summed E-state index contributed by atoms with van der Waals surface area (Å²) in [6.45, 7) is 12.1. The summed E-state index contributed by atoms with van der Waals surface area (Å²) in [5.74, 6) is 0. The summed E-state index contributed by atoms with van der Waals surface area (Å²) in [5, 5.41) is 0. The van der Waals surface area contributed by atoms with Crippen molar-refractivity contribution in [2.24, 2.45) is 5.41 Å². The van der Waals surface area contributed by atoms with Crippen molar-refractivity contribution in [2.75, 3.05) is 31.1 Å². The van der Waals surface area contributed by atoms with E-state index in [1.54, 1.807) is 0 Å². The highest BCUT2D eigenvalue weighted by molar-refractivity contribution is 5.46. The highest BCUT2D eigenvalue weighted by atomic mass is 15.2. The first-order chi connectivity index (χ1) is 9.49. The van der Waals surface area contributed by atoms with Crippen LogP contribution in [0.3, 0.4) is 0 Å². The molecule has 110 valence electrons. The minimum absolute atomic E-state index is 0.333. The van der Waals surface area contributed by atoms with E-state index in [4.69, 9.17) is 0 Å². The van der Waals surface area contributed by atoms with Crippen LogP contribution < -0.4 is 4.90 Å². The molecule has 2 fully saturated rings. The molecule has 0 aromatic heterocycles. The van der Waals surface area contributed by atoms with Crippen LogP contribution in [0.15, 0.2) is 30.3 Å². The zero-order chi connectivity index (χ0) is 14.2. The van der Waals surface area contributed by atoms with Gasteiger partial charge < -0.3 is 4.90 Å². The number of hydrogen-bond acceptors (Lipinski definition) is 2. The quantitative estimate of drug-likeness (QED) is 0.767. The van der Waals surface area contributed by atoms with E-state index in [1.807, 2.05) is 0 Å². The van der Waals surface area contributed by atoms with Gasteiger partial charge in [-0.1, -0.05) is 18.2 Å². The lowest BCUT2D eigenvalue weighted by atomic mass is 9.77. The number of anilines is 1. The molecule has 0 amide bonds. The van der Waals surface area contributed by atoms with Gasteiger partial charge in [-0.05, 0) is 64.1 Å². The maximum atomic E-state index is 2.69. The fourth-order valence-electron chi connectivity index (χ4n) is 3.79. The van der Waals surface area contributed by atoms with Crippen LogP contribution in [0.5, 0.6) is 0 Å². The van der Waals surface area contributed by atoms with Crippen molar-refractivity contribution in [3.8, 4) is 0 Å². The Morgan fingerprint density at radius 3 is 2.05 bits per heavy atom. The summed E-state index contributed by atoms with van der Waals surface area (Å²) in [4.78, 5) is 5.25. The monoisotopic (exact) mass is 272 g/mol. The van der Waals surface area contributed by atoms with Crippen molar-refractivity contribution in [3.63, 3.8) is 0 Å². The predicted octanol–water partition coefficient (Wildman–Crippen LogP) is 3.78. The Bertz CT molecular complexity index is 438. The van der Waals surface area contributed by atoms with Crippen LogP contribution in [-0.2, 0) is 0 Å². The molecule has 2 heteroatoms. The molecule has 0 N–H and O–H groups in total. The normalized spacial score (nSPS) is 23.4. The molecule has 1 aromatic carbocycles. The van der Waals surface area contributed by atoms with Gasteiger partial charge >= 0.3 is 0 Å². The fourth-order valence-corrected chi connectivity index (χ4v) is 3.79. The molecule has 3 rings (SSSR count). The summed E-state index contributed by atoms with van der Waals surface area (Å²) in [5.41, 5.74) is 2.33. The Kier molecular flexibility index (Phi) is 3.53. The summed E-state index contributed by atoms with van der Waals surface area (Å²) in [7, 11) is 0. The Hall–Kier alpha value is -1.02. The third-order valence-electron chi connectivity index (χ3n) is 5.33. The molecule has 1 spiro atoms. The van der Waals surface area contributed by atoms with Crippen LogP contribution in [0.1, 0.15) is 40.0 Å². The van der Waals surface area contributed by atoms with E-state index in [0.29, 0.717) is 11.0 Å². The van der Waals surface area contributed by atoms with E-state index < -0.39 is 0 Å². The van der Waals surface area contributed by atoms with Gasteiger partial charge in [0.1, 0.15) is 0 Å². The molecule has 20 heavy (non-hydrogen) atoms. The number of para-hydroxylation sites is 1. The van der Waals surface area contributed by atoms with Gasteiger partial charge in [-0.15, -0.1) is 0 Å². The number of nitrogens with zero attached hydrogens (tertiary/aromatic N) is 2. The van der Waals surface area contributed by atoms with Crippen LogP contribution in [0.25, 0.3) is 0 Å². The molecule has 0 radical (unpaired) electrons. The van der Waals surface area contributed by atoms with Crippen molar-refractivity contribution in [1.82, 2.24) is 4.90 Å². The van der Waals surface area contributed by atoms with Gasteiger partial charge in [0.05, 0.1) is 0 Å². The fraction of sp³-hybridized carbons (Fsp3) is 0.667. The molecule has 0 bridgehead atoms. The van der Waals surface area contributed by atoms with Crippen LogP contribution in [0.4, 0.5) is 5.69 Å². The molecule has 0 atom stereocenters. The molecule has 1 aromatic rings. The van der Waals surface area contributed by atoms with Crippen molar-refractivity contribution < 1.29 is 0 Å². The zero-order valence-corrected chi connectivity index (χ0v) is 13.2. The van der Waals surface area contributed by atoms with Crippen molar-refractivity contribution in [1.29, 1.82) is 0 Å². The average molecular weight is 272 g/mol. The second kappa shape index (κ2) is 5.07. The number of rotatable bonds is 1. The number of likely N-dealkylation sites (tertiary alicyclic amines) is 1. The van der Waals surface area contributed by atoms with Crippen molar-refractivity contribution in [3.05, 3.63) is 30.3 Å². The zero-order valence-electron chi connectivity index (χ0n) is 13.2. The molecular weight excluding hydrogens is 244 g/mol. The third-order valence-corrected chi connectivity index (χ3v) is 5.33. The Morgan fingerprint density at radius 1 is 0.900 bits per heavy atom. The predicted molar refractivity (Wildman–Crippen MR) is 86.3 cm³/mol. The Labute approximate surface area is 123 Å². The van der Waals surface area contributed by atoms with Gasteiger partial charge in [0.25, 0.3) is 0 Å². The summed E-state index contributed by atoms with van der Waals surface area (Å²) < 4.78 is 0. The minimum atomic E-state index is 0.333. The van der Waals surface area contributed by atoms with Crippen LogP contribution in [0.2, 0.25) is 0 Å². The van der Waals surface area contributed by atoms with Crippen molar-refractivity contribution in [2.45, 2.75) is 45.6 Å². The number of piperidine rings is 1. The molecular formula is C18H28N2. The molecule has 0 saturated carbocycles. The lowest BCUT2D eigenvalue weighted by Gasteiger charge is -2.41. The van der Waals surface area contributed by atoms with E-state index in [9.17, 15) is 0 Å². The van der Waals surface area contributed by atoms with E-state index in [2.05, 4.69) is 60.9 Å². The van der Waals surface area contributed by atoms with E-state index >= 15 is 0 Å². The van der Waals surface area contributed by atoms with Gasteiger partial charge in [-0.2, -0.15) is 0 Å². The molecule has 0 unspecified atom stereocenters. The standard InChI is InChI=1S/C18H28N2/c1-17(2,3)20-14-11-18(15-20)9-12-19(13-10-18)16-7-5-4-6-8-16/h4-8H,9-15H2,1-3H3. The highest BCUT2D eigenvalue weighted by Crippen LogP contribution is 2.43. The highest BCUT2D eigenvalue weighted by Gasteiger charge is 2.43. The summed E-state index contributed by atoms with van der Waals surface area (Å²) >= 11 is 0. The second-order valence-corrected chi connectivity index (χ2v) is 7.66. The largest absolute Gasteiger partial charge is 0.371 e. The van der Waals surface area contributed by atoms with Crippen LogP contribution in [-0.4, -0.2) is 36.6 Å². The first-order valence-electron chi connectivity index (χ1n) is 8.04. The Morgan fingerprint density at radius 2 is 1.50 bits per heavy atom. The van der Waals surface area contributed by atoms with E-state index in [0.717, 1.165) is 0 Å². The van der Waals surface area contributed by atoms with Gasteiger partial charge in [0.2, 0.25) is 0 Å². The van der Waals surface area contributed by atoms with Gasteiger partial charge in [-0.3, -0.25) is 4.90 Å². The topological polar surface area (TPSA) is 6.48 Å². The Balaban J connectivity index is 1.62. The lowest BCUT2D eigenvalue weighted by molar-refractivity contribution is 0.135.